The van der Waals surface area contributed by atoms with E-state index in [1.165, 1.54) is 12.1 Å². The first kappa shape index (κ1) is 16.4. The second kappa shape index (κ2) is 6.95. The molecule has 1 N–H and O–H groups in total. The van der Waals surface area contributed by atoms with Crippen LogP contribution in [0.1, 0.15) is 25.1 Å². The molecule has 0 atom stereocenters. The predicted molar refractivity (Wildman–Crippen MR) is 89.8 cm³/mol. The van der Waals surface area contributed by atoms with Gasteiger partial charge in [0.25, 0.3) is 0 Å². The third-order valence-electron chi connectivity index (χ3n) is 3.99. The van der Waals surface area contributed by atoms with Gasteiger partial charge in [0.1, 0.15) is 5.82 Å². The molecule has 0 aliphatic carbocycles. The van der Waals surface area contributed by atoms with Gasteiger partial charge in [-0.1, -0.05) is 13.8 Å². The first-order valence-corrected chi connectivity index (χ1v) is 8.16. The van der Waals surface area contributed by atoms with Gasteiger partial charge in [0.15, 0.2) is 5.82 Å². The van der Waals surface area contributed by atoms with Crippen LogP contribution in [-0.2, 0) is 13.0 Å². The van der Waals surface area contributed by atoms with Crippen molar-refractivity contribution in [1.29, 1.82) is 0 Å². The van der Waals surface area contributed by atoms with Gasteiger partial charge in [-0.2, -0.15) is 0 Å². The lowest BCUT2D eigenvalue weighted by atomic mass is 10.1. The fourth-order valence-electron chi connectivity index (χ4n) is 2.63. The average Bonchev–Trinajstić information content (AvgIpc) is 2.59. The molecular weight excluding hydrogens is 307 g/mol. The number of hydrogen-bond acceptors (Lipinski definition) is 3. The lowest BCUT2D eigenvalue weighted by Gasteiger charge is -2.28. The summed E-state index contributed by atoms with van der Waals surface area (Å²) in [4.78, 5) is 22.9. The molecule has 1 aliphatic heterocycles. The number of rotatable bonds is 3. The first-order valence-electron chi connectivity index (χ1n) is 8.16. The number of carbonyl (C=O) groups is 1. The molecule has 0 fully saturated rings. The Hall–Kier alpha value is -2.50. The van der Waals surface area contributed by atoms with Crippen molar-refractivity contribution in [2.45, 2.75) is 26.8 Å². The average molecular weight is 328 g/mol. The number of carbonyl (C=O) groups excluding carboxylic acids is 1. The van der Waals surface area contributed by atoms with E-state index in [2.05, 4.69) is 29.1 Å². The molecule has 0 saturated heterocycles. The van der Waals surface area contributed by atoms with Crippen molar-refractivity contribution >= 4 is 6.03 Å². The standard InChI is InChI=1S/C18H21FN4O/c1-12(2)9-21-18(24)23-8-7-16-14(11-23)10-20-17(22-16)13-3-5-15(19)6-4-13/h3-6,10,12H,7-9,11H2,1-2H3,(H,21,24). The normalized spacial score (nSPS) is 13.8. The fraction of sp³-hybridized carbons (Fsp3) is 0.389. The maximum atomic E-state index is 13.0. The number of benzene rings is 1. The summed E-state index contributed by atoms with van der Waals surface area (Å²) in [5.74, 6) is 0.735. The Bertz CT molecular complexity index is 730. The summed E-state index contributed by atoms with van der Waals surface area (Å²) in [7, 11) is 0. The number of nitrogens with zero attached hydrogens (tertiary/aromatic N) is 3. The summed E-state index contributed by atoms with van der Waals surface area (Å²) in [6.45, 7) is 5.95. The van der Waals surface area contributed by atoms with Crippen LogP contribution in [-0.4, -0.2) is 34.0 Å². The van der Waals surface area contributed by atoms with Crippen molar-refractivity contribution in [3.05, 3.63) is 47.5 Å². The molecule has 0 unspecified atom stereocenters. The smallest absolute Gasteiger partial charge is 0.317 e. The van der Waals surface area contributed by atoms with E-state index in [0.29, 0.717) is 37.8 Å². The third-order valence-corrected chi connectivity index (χ3v) is 3.99. The molecule has 0 bridgehead atoms. The molecular formula is C18H21FN4O. The van der Waals surface area contributed by atoms with Crippen molar-refractivity contribution in [3.63, 3.8) is 0 Å². The second-order valence-corrected chi connectivity index (χ2v) is 6.42. The minimum atomic E-state index is -0.278. The van der Waals surface area contributed by atoms with E-state index in [1.807, 2.05) is 0 Å². The van der Waals surface area contributed by atoms with Crippen LogP contribution in [0.15, 0.2) is 30.5 Å². The van der Waals surface area contributed by atoms with Crippen LogP contribution < -0.4 is 5.32 Å². The molecule has 2 heterocycles. The molecule has 126 valence electrons. The van der Waals surface area contributed by atoms with Gasteiger partial charge in [-0.05, 0) is 30.2 Å². The van der Waals surface area contributed by atoms with Crippen molar-refractivity contribution in [1.82, 2.24) is 20.2 Å². The highest BCUT2D eigenvalue weighted by atomic mass is 19.1. The highest BCUT2D eigenvalue weighted by Crippen LogP contribution is 2.21. The Labute approximate surface area is 140 Å². The maximum absolute atomic E-state index is 13.0. The largest absolute Gasteiger partial charge is 0.338 e. The van der Waals surface area contributed by atoms with Gasteiger partial charge in [0.05, 0.1) is 12.2 Å². The highest BCUT2D eigenvalue weighted by Gasteiger charge is 2.22. The van der Waals surface area contributed by atoms with Gasteiger partial charge in [-0.3, -0.25) is 0 Å². The topological polar surface area (TPSA) is 58.1 Å². The Morgan fingerprint density at radius 1 is 1.33 bits per heavy atom. The van der Waals surface area contributed by atoms with Gasteiger partial charge in [-0.15, -0.1) is 0 Å². The summed E-state index contributed by atoms with van der Waals surface area (Å²) in [6.07, 6.45) is 2.46. The SMILES string of the molecule is CC(C)CNC(=O)N1CCc2nc(-c3ccc(F)cc3)ncc2C1. The molecule has 24 heavy (non-hydrogen) atoms. The second-order valence-electron chi connectivity index (χ2n) is 6.42. The Morgan fingerprint density at radius 3 is 2.79 bits per heavy atom. The lowest BCUT2D eigenvalue weighted by molar-refractivity contribution is 0.190. The molecule has 5 nitrogen and oxygen atoms in total. The van der Waals surface area contributed by atoms with Gasteiger partial charge >= 0.3 is 6.03 Å². The first-order chi connectivity index (χ1) is 11.5. The third kappa shape index (κ3) is 3.69. The number of halogens is 1. The summed E-state index contributed by atoms with van der Waals surface area (Å²) >= 11 is 0. The zero-order valence-electron chi connectivity index (χ0n) is 13.9. The van der Waals surface area contributed by atoms with Crippen molar-refractivity contribution < 1.29 is 9.18 Å². The van der Waals surface area contributed by atoms with Crippen LogP contribution in [0.3, 0.4) is 0 Å². The molecule has 3 rings (SSSR count). The van der Waals surface area contributed by atoms with Crippen molar-refractivity contribution in [2.24, 2.45) is 5.92 Å². The quantitative estimate of drug-likeness (QED) is 0.942. The Balaban J connectivity index is 1.72. The van der Waals surface area contributed by atoms with E-state index >= 15 is 0 Å². The van der Waals surface area contributed by atoms with E-state index in [4.69, 9.17) is 0 Å². The monoisotopic (exact) mass is 328 g/mol. The van der Waals surface area contributed by atoms with E-state index < -0.39 is 0 Å². The summed E-state index contributed by atoms with van der Waals surface area (Å²) in [6, 6.07) is 6.10. The summed E-state index contributed by atoms with van der Waals surface area (Å²) in [5, 5.41) is 2.94. The van der Waals surface area contributed by atoms with Crippen molar-refractivity contribution in [3.8, 4) is 11.4 Å². The van der Waals surface area contributed by atoms with E-state index in [0.717, 1.165) is 16.8 Å². The van der Waals surface area contributed by atoms with Gasteiger partial charge in [-0.25, -0.2) is 19.2 Å². The lowest BCUT2D eigenvalue weighted by Crippen LogP contribution is -2.44. The van der Waals surface area contributed by atoms with Crippen LogP contribution in [0.2, 0.25) is 0 Å². The summed E-state index contributed by atoms with van der Waals surface area (Å²) < 4.78 is 13.0. The zero-order valence-corrected chi connectivity index (χ0v) is 13.9. The molecule has 0 spiro atoms. The van der Waals surface area contributed by atoms with Crippen LogP contribution in [0.5, 0.6) is 0 Å². The number of urea groups is 1. The molecule has 6 heteroatoms. The minimum Gasteiger partial charge on any atom is -0.338 e. The van der Waals surface area contributed by atoms with Gasteiger partial charge < -0.3 is 10.2 Å². The molecule has 0 radical (unpaired) electrons. The van der Waals surface area contributed by atoms with E-state index in [1.54, 1.807) is 23.2 Å². The number of nitrogens with one attached hydrogen (secondary N) is 1. The molecule has 1 aromatic heterocycles. The highest BCUT2D eigenvalue weighted by molar-refractivity contribution is 5.74. The Kier molecular flexibility index (Phi) is 4.74. The van der Waals surface area contributed by atoms with Crippen molar-refractivity contribution in [2.75, 3.05) is 13.1 Å². The minimum absolute atomic E-state index is 0.0445. The molecule has 1 aromatic carbocycles. The predicted octanol–water partition coefficient (Wildman–Crippen LogP) is 3.01. The Morgan fingerprint density at radius 2 is 2.08 bits per heavy atom. The fourth-order valence-corrected chi connectivity index (χ4v) is 2.63. The maximum Gasteiger partial charge on any atom is 0.317 e. The summed E-state index contributed by atoms with van der Waals surface area (Å²) in [5.41, 5.74) is 2.71. The van der Waals surface area contributed by atoms with Crippen LogP contribution in [0.25, 0.3) is 11.4 Å². The molecule has 2 aromatic rings. The van der Waals surface area contributed by atoms with E-state index in [9.17, 15) is 9.18 Å². The zero-order chi connectivity index (χ0) is 17.1. The number of hydrogen-bond donors (Lipinski definition) is 1. The van der Waals surface area contributed by atoms with E-state index in [-0.39, 0.29) is 11.8 Å². The molecule has 1 aliphatic rings. The van der Waals surface area contributed by atoms with Crippen LogP contribution in [0, 0.1) is 11.7 Å². The van der Waals surface area contributed by atoms with Gasteiger partial charge in [0.2, 0.25) is 0 Å². The number of fused-ring (bicyclic) bond motifs is 1. The number of amides is 2. The van der Waals surface area contributed by atoms with Gasteiger partial charge in [0, 0.05) is 36.8 Å². The number of aromatic nitrogens is 2. The van der Waals surface area contributed by atoms with Crippen LogP contribution >= 0.6 is 0 Å². The van der Waals surface area contributed by atoms with Crippen LogP contribution in [0.4, 0.5) is 9.18 Å². The molecule has 0 saturated carbocycles. The molecule has 2 amide bonds.